The second-order valence-corrected chi connectivity index (χ2v) is 6.80. The number of rotatable bonds is 3. The van der Waals surface area contributed by atoms with E-state index in [0.29, 0.717) is 38.9 Å². The Hall–Kier alpha value is -2.62. The number of halogens is 2. The average Bonchev–Trinajstić information content (AvgIpc) is 2.65. The smallest absolute Gasteiger partial charge is 0.261 e. The SMILES string of the molecule is O=c1c2ccccc2nc(-c2ccc(Cl)cc2Cl)n1Cc1ccccc1. The van der Waals surface area contributed by atoms with E-state index in [1.807, 2.05) is 48.5 Å². The van der Waals surface area contributed by atoms with Crippen molar-refractivity contribution in [3.8, 4) is 11.4 Å². The Bertz CT molecular complexity index is 1150. The summed E-state index contributed by atoms with van der Waals surface area (Å²) in [5.74, 6) is 0.527. The lowest BCUT2D eigenvalue weighted by atomic mass is 10.1. The van der Waals surface area contributed by atoms with Crippen molar-refractivity contribution in [3.63, 3.8) is 0 Å². The van der Waals surface area contributed by atoms with Gasteiger partial charge in [-0.15, -0.1) is 0 Å². The fraction of sp³-hybridized carbons (Fsp3) is 0.0476. The molecular formula is C21H14Cl2N2O. The van der Waals surface area contributed by atoms with Crippen molar-refractivity contribution >= 4 is 34.1 Å². The van der Waals surface area contributed by atoms with Gasteiger partial charge in [0, 0.05) is 10.6 Å². The lowest BCUT2D eigenvalue weighted by Gasteiger charge is -2.15. The maximum Gasteiger partial charge on any atom is 0.261 e. The Balaban J connectivity index is 2.00. The largest absolute Gasteiger partial charge is 0.288 e. The van der Waals surface area contributed by atoms with Crippen LogP contribution in [0.4, 0.5) is 0 Å². The van der Waals surface area contributed by atoms with Gasteiger partial charge in [0.25, 0.3) is 5.56 Å². The third kappa shape index (κ3) is 3.12. The van der Waals surface area contributed by atoms with Crippen molar-refractivity contribution in [1.29, 1.82) is 0 Å². The minimum absolute atomic E-state index is 0.0968. The van der Waals surface area contributed by atoms with Gasteiger partial charge in [0.15, 0.2) is 0 Å². The standard InChI is InChI=1S/C21H14Cl2N2O/c22-15-10-11-16(18(23)12-15)20-24-19-9-5-4-8-17(19)21(26)25(20)13-14-6-2-1-3-7-14/h1-12H,13H2. The normalized spacial score (nSPS) is 11.0. The summed E-state index contributed by atoms with van der Waals surface area (Å²) < 4.78 is 1.66. The number of aromatic nitrogens is 2. The Morgan fingerprint density at radius 2 is 1.62 bits per heavy atom. The monoisotopic (exact) mass is 380 g/mol. The van der Waals surface area contributed by atoms with Gasteiger partial charge in [0.05, 0.1) is 22.5 Å². The maximum absolute atomic E-state index is 13.2. The molecule has 0 saturated heterocycles. The summed E-state index contributed by atoms with van der Waals surface area (Å²) in [5, 5.41) is 1.58. The highest BCUT2D eigenvalue weighted by Crippen LogP contribution is 2.29. The van der Waals surface area contributed by atoms with Crippen LogP contribution in [0.5, 0.6) is 0 Å². The fourth-order valence-electron chi connectivity index (χ4n) is 2.96. The molecule has 0 N–H and O–H groups in total. The summed E-state index contributed by atoms with van der Waals surface area (Å²) >= 11 is 12.4. The van der Waals surface area contributed by atoms with E-state index in [1.54, 1.807) is 28.8 Å². The molecule has 0 aliphatic carbocycles. The molecule has 0 amide bonds. The molecule has 3 nitrogen and oxygen atoms in total. The van der Waals surface area contributed by atoms with Crippen molar-refractivity contribution < 1.29 is 0 Å². The van der Waals surface area contributed by atoms with Gasteiger partial charge in [-0.3, -0.25) is 9.36 Å². The Morgan fingerprint density at radius 1 is 0.885 bits per heavy atom. The van der Waals surface area contributed by atoms with Crippen LogP contribution in [0, 0.1) is 0 Å². The van der Waals surface area contributed by atoms with Crippen molar-refractivity contribution in [2.75, 3.05) is 0 Å². The molecule has 5 heteroatoms. The van der Waals surface area contributed by atoms with E-state index >= 15 is 0 Å². The van der Waals surface area contributed by atoms with E-state index in [2.05, 4.69) is 0 Å². The van der Waals surface area contributed by atoms with Gasteiger partial charge < -0.3 is 0 Å². The fourth-order valence-corrected chi connectivity index (χ4v) is 3.45. The molecule has 0 unspecified atom stereocenters. The number of hydrogen-bond donors (Lipinski definition) is 0. The van der Waals surface area contributed by atoms with Gasteiger partial charge in [-0.05, 0) is 35.9 Å². The topological polar surface area (TPSA) is 34.9 Å². The van der Waals surface area contributed by atoms with Gasteiger partial charge in [0.1, 0.15) is 5.82 Å². The highest BCUT2D eigenvalue weighted by molar-refractivity contribution is 6.36. The van der Waals surface area contributed by atoms with Crippen LogP contribution in [0.1, 0.15) is 5.56 Å². The minimum Gasteiger partial charge on any atom is -0.288 e. The van der Waals surface area contributed by atoms with Crippen LogP contribution in [-0.4, -0.2) is 9.55 Å². The summed E-state index contributed by atoms with van der Waals surface area (Å²) in [6.07, 6.45) is 0. The second kappa shape index (κ2) is 6.94. The molecule has 0 bridgehead atoms. The molecule has 1 aromatic heterocycles. The van der Waals surface area contributed by atoms with Crippen molar-refractivity contribution in [1.82, 2.24) is 9.55 Å². The van der Waals surface area contributed by atoms with Crippen LogP contribution >= 0.6 is 23.2 Å². The molecule has 0 atom stereocenters. The molecule has 4 rings (SSSR count). The number of hydrogen-bond acceptors (Lipinski definition) is 2. The van der Waals surface area contributed by atoms with Gasteiger partial charge in [0.2, 0.25) is 0 Å². The van der Waals surface area contributed by atoms with Gasteiger partial charge >= 0.3 is 0 Å². The molecule has 128 valence electrons. The van der Waals surface area contributed by atoms with Crippen LogP contribution in [0.25, 0.3) is 22.3 Å². The highest BCUT2D eigenvalue weighted by atomic mass is 35.5. The predicted molar refractivity (Wildman–Crippen MR) is 107 cm³/mol. The first kappa shape index (κ1) is 16.8. The first-order valence-electron chi connectivity index (χ1n) is 8.12. The lowest BCUT2D eigenvalue weighted by molar-refractivity contribution is 0.759. The summed E-state index contributed by atoms with van der Waals surface area (Å²) in [5.41, 5.74) is 2.23. The summed E-state index contributed by atoms with van der Waals surface area (Å²) in [7, 11) is 0. The van der Waals surface area contributed by atoms with Crippen molar-refractivity contribution in [2.24, 2.45) is 0 Å². The molecule has 0 saturated carbocycles. The number of fused-ring (bicyclic) bond motifs is 1. The van der Waals surface area contributed by atoms with E-state index in [9.17, 15) is 4.79 Å². The highest BCUT2D eigenvalue weighted by Gasteiger charge is 2.15. The Labute approximate surface area is 160 Å². The predicted octanol–water partition coefficient (Wildman–Crippen LogP) is 5.42. The first-order valence-corrected chi connectivity index (χ1v) is 8.88. The molecule has 3 aromatic carbocycles. The zero-order chi connectivity index (χ0) is 18.1. The van der Waals surface area contributed by atoms with Crippen LogP contribution in [-0.2, 0) is 6.54 Å². The molecule has 0 aliphatic rings. The number of para-hydroxylation sites is 1. The van der Waals surface area contributed by atoms with Crippen LogP contribution in [0.15, 0.2) is 77.6 Å². The van der Waals surface area contributed by atoms with Crippen LogP contribution in [0.3, 0.4) is 0 Å². The lowest BCUT2D eigenvalue weighted by Crippen LogP contribution is -2.24. The zero-order valence-electron chi connectivity index (χ0n) is 13.7. The minimum atomic E-state index is -0.0968. The average molecular weight is 381 g/mol. The molecule has 0 aliphatic heterocycles. The second-order valence-electron chi connectivity index (χ2n) is 5.95. The van der Waals surface area contributed by atoms with Gasteiger partial charge in [-0.1, -0.05) is 65.7 Å². The maximum atomic E-state index is 13.2. The molecule has 0 radical (unpaired) electrons. The molecule has 4 aromatic rings. The number of benzene rings is 3. The third-order valence-corrected chi connectivity index (χ3v) is 4.76. The molecule has 0 fully saturated rings. The van der Waals surface area contributed by atoms with Crippen LogP contribution in [0.2, 0.25) is 10.0 Å². The van der Waals surface area contributed by atoms with Gasteiger partial charge in [-0.25, -0.2) is 4.98 Å². The summed E-state index contributed by atoms with van der Waals surface area (Å²) in [4.78, 5) is 17.9. The Kier molecular flexibility index (Phi) is 4.49. The summed E-state index contributed by atoms with van der Waals surface area (Å²) in [6, 6.07) is 22.3. The third-order valence-electron chi connectivity index (χ3n) is 4.22. The van der Waals surface area contributed by atoms with E-state index in [-0.39, 0.29) is 5.56 Å². The van der Waals surface area contributed by atoms with Crippen molar-refractivity contribution in [3.05, 3.63) is 98.8 Å². The quantitative estimate of drug-likeness (QED) is 0.475. The summed E-state index contributed by atoms with van der Waals surface area (Å²) in [6.45, 7) is 0.409. The van der Waals surface area contributed by atoms with E-state index in [4.69, 9.17) is 28.2 Å². The van der Waals surface area contributed by atoms with Gasteiger partial charge in [-0.2, -0.15) is 0 Å². The molecule has 0 spiro atoms. The number of nitrogens with zero attached hydrogens (tertiary/aromatic N) is 2. The van der Waals surface area contributed by atoms with E-state index in [0.717, 1.165) is 5.56 Å². The van der Waals surface area contributed by atoms with Crippen LogP contribution < -0.4 is 5.56 Å². The van der Waals surface area contributed by atoms with Crippen molar-refractivity contribution in [2.45, 2.75) is 6.54 Å². The Morgan fingerprint density at radius 3 is 2.38 bits per heavy atom. The molecule has 26 heavy (non-hydrogen) atoms. The molecular weight excluding hydrogens is 367 g/mol. The molecule has 1 heterocycles. The zero-order valence-corrected chi connectivity index (χ0v) is 15.2. The van der Waals surface area contributed by atoms with E-state index in [1.165, 1.54) is 0 Å². The van der Waals surface area contributed by atoms with E-state index < -0.39 is 0 Å². The first-order chi connectivity index (χ1) is 12.6.